The number of H-pyrrole nitrogens is 1. The van der Waals surface area contributed by atoms with Gasteiger partial charge in [-0.3, -0.25) is 9.09 Å². The molecule has 1 aliphatic rings. The van der Waals surface area contributed by atoms with Gasteiger partial charge in [0, 0.05) is 17.3 Å². The zero-order chi connectivity index (χ0) is 17.6. The van der Waals surface area contributed by atoms with Crippen molar-refractivity contribution in [3.63, 3.8) is 0 Å². The molecule has 0 spiro atoms. The number of fused-ring (bicyclic) bond motifs is 1. The van der Waals surface area contributed by atoms with Crippen molar-refractivity contribution in [2.24, 2.45) is 0 Å². The molecule has 0 saturated carbocycles. The van der Waals surface area contributed by atoms with Crippen molar-refractivity contribution in [3.8, 4) is 0 Å². The van der Waals surface area contributed by atoms with Gasteiger partial charge in [0.1, 0.15) is 24.0 Å². The maximum absolute atomic E-state index is 12.1. The average molecular weight is 361 g/mol. The number of phosphoric ester groups is 1. The summed E-state index contributed by atoms with van der Waals surface area (Å²) in [4.78, 5) is 36.2. The molecule has 0 amide bonds. The number of aromatic nitrogens is 3. The third kappa shape index (κ3) is 3.28. The summed E-state index contributed by atoms with van der Waals surface area (Å²) in [7, 11) is -4.75. The second kappa shape index (κ2) is 6.05. The van der Waals surface area contributed by atoms with E-state index in [0.29, 0.717) is 11.0 Å². The van der Waals surface area contributed by atoms with E-state index in [0.717, 1.165) is 10.3 Å². The largest absolute Gasteiger partial charge is 0.469 e. The number of nitrogens with zero attached hydrogens (tertiary/aromatic N) is 2. The van der Waals surface area contributed by atoms with Gasteiger partial charge >= 0.3 is 13.5 Å². The molecule has 0 radical (unpaired) electrons. The van der Waals surface area contributed by atoms with Gasteiger partial charge in [-0.2, -0.15) is 4.98 Å². The number of nitrogens with one attached hydrogen (secondary N) is 1. The van der Waals surface area contributed by atoms with Gasteiger partial charge < -0.3 is 29.7 Å². The first kappa shape index (κ1) is 17.2. The Kier molecular flexibility index (Phi) is 4.34. The lowest BCUT2D eigenvalue weighted by Crippen LogP contribution is -2.36. The van der Waals surface area contributed by atoms with Crippen LogP contribution in [0, 0.1) is 6.92 Å². The monoisotopic (exact) mass is 361 g/mol. The Morgan fingerprint density at radius 1 is 1.42 bits per heavy atom. The van der Waals surface area contributed by atoms with Crippen LogP contribution in [-0.4, -0.2) is 59.5 Å². The third-order valence-corrected chi connectivity index (χ3v) is 4.17. The first-order chi connectivity index (χ1) is 11.2. The summed E-state index contributed by atoms with van der Waals surface area (Å²) < 4.78 is 21.4. The highest BCUT2D eigenvalue weighted by molar-refractivity contribution is 7.46. The second-order valence-corrected chi connectivity index (χ2v) is 6.76. The number of aliphatic hydroxyl groups is 2. The van der Waals surface area contributed by atoms with E-state index < -0.39 is 44.7 Å². The SMILES string of the molecule is Cc1cc2cn([C@@H]3O[C@H](COP(=O)(O)O)[C@@H](O)[C@H]3O)c(=O)nc2[nH]1. The highest BCUT2D eigenvalue weighted by atomic mass is 31.2. The van der Waals surface area contributed by atoms with Crippen molar-refractivity contribution >= 4 is 18.9 Å². The Morgan fingerprint density at radius 3 is 2.79 bits per heavy atom. The van der Waals surface area contributed by atoms with Crippen LogP contribution >= 0.6 is 7.82 Å². The zero-order valence-electron chi connectivity index (χ0n) is 12.4. The molecule has 12 heteroatoms. The molecule has 0 aromatic carbocycles. The highest BCUT2D eigenvalue weighted by Gasteiger charge is 2.45. The van der Waals surface area contributed by atoms with Crippen LogP contribution in [0.25, 0.3) is 11.0 Å². The molecule has 0 unspecified atom stereocenters. The Hall–Kier alpha value is -1.59. The van der Waals surface area contributed by atoms with E-state index in [-0.39, 0.29) is 0 Å². The molecule has 3 heterocycles. The molecule has 0 bridgehead atoms. The van der Waals surface area contributed by atoms with E-state index in [1.54, 1.807) is 13.0 Å². The molecule has 2 aromatic heterocycles. The standard InChI is InChI=1S/C12H16N3O8P/c1-5-2-6-3-15(12(18)14-10(6)13-5)11-9(17)8(16)7(23-11)4-22-24(19,20)21/h2-3,7-9,11,16-17H,4H2,1H3,(H,13,14,18)(H2,19,20,21)/t7-,8-,9-,11-/m1/s1. The van der Waals surface area contributed by atoms with Gasteiger partial charge in [-0.1, -0.05) is 0 Å². The smallest absolute Gasteiger partial charge is 0.387 e. The predicted molar refractivity (Wildman–Crippen MR) is 79.0 cm³/mol. The predicted octanol–water partition coefficient (Wildman–Crippen LogP) is -1.24. The van der Waals surface area contributed by atoms with Gasteiger partial charge in [0.05, 0.1) is 6.61 Å². The lowest BCUT2D eigenvalue weighted by Gasteiger charge is -2.17. The number of aromatic amines is 1. The minimum Gasteiger partial charge on any atom is -0.387 e. The summed E-state index contributed by atoms with van der Waals surface area (Å²) in [5, 5.41) is 20.6. The Labute approximate surface area is 134 Å². The average Bonchev–Trinajstić information content (AvgIpc) is 2.96. The maximum atomic E-state index is 12.1. The molecule has 1 saturated heterocycles. The minimum absolute atomic E-state index is 0.378. The molecule has 5 N–H and O–H groups in total. The van der Waals surface area contributed by atoms with Crippen LogP contribution in [0.4, 0.5) is 0 Å². The van der Waals surface area contributed by atoms with Gasteiger partial charge in [0.25, 0.3) is 0 Å². The van der Waals surface area contributed by atoms with Gasteiger partial charge in [0.15, 0.2) is 6.23 Å². The minimum atomic E-state index is -4.75. The van der Waals surface area contributed by atoms with Crippen LogP contribution in [0.5, 0.6) is 0 Å². The lowest BCUT2D eigenvalue weighted by molar-refractivity contribution is -0.0540. The molecular formula is C12H16N3O8P. The number of ether oxygens (including phenoxy) is 1. The number of hydrogen-bond donors (Lipinski definition) is 5. The summed E-state index contributed by atoms with van der Waals surface area (Å²) >= 11 is 0. The molecule has 1 aliphatic heterocycles. The number of phosphoric acid groups is 1. The quantitative estimate of drug-likeness (QED) is 0.418. The van der Waals surface area contributed by atoms with Crippen molar-refractivity contribution in [1.82, 2.24) is 14.5 Å². The number of hydrogen-bond acceptors (Lipinski definition) is 7. The van der Waals surface area contributed by atoms with Crippen molar-refractivity contribution in [2.75, 3.05) is 6.61 Å². The zero-order valence-corrected chi connectivity index (χ0v) is 13.3. The van der Waals surface area contributed by atoms with Gasteiger partial charge in [-0.25, -0.2) is 9.36 Å². The molecule has 2 aromatic rings. The van der Waals surface area contributed by atoms with E-state index in [2.05, 4.69) is 14.5 Å². The van der Waals surface area contributed by atoms with Crippen LogP contribution in [0.2, 0.25) is 0 Å². The normalized spacial score (nSPS) is 27.9. The van der Waals surface area contributed by atoms with Gasteiger partial charge in [-0.15, -0.1) is 0 Å². The third-order valence-electron chi connectivity index (χ3n) is 3.69. The first-order valence-corrected chi connectivity index (χ1v) is 8.49. The second-order valence-electron chi connectivity index (χ2n) is 5.52. The summed E-state index contributed by atoms with van der Waals surface area (Å²) in [6.45, 7) is 1.14. The van der Waals surface area contributed by atoms with Crippen molar-refractivity contribution in [3.05, 3.63) is 28.4 Å². The Bertz CT molecular complexity index is 858. The fourth-order valence-corrected chi connectivity index (χ4v) is 2.94. The van der Waals surface area contributed by atoms with Crippen LogP contribution in [-0.2, 0) is 13.8 Å². The highest BCUT2D eigenvalue weighted by Crippen LogP contribution is 2.38. The summed E-state index contributed by atoms with van der Waals surface area (Å²) in [5.41, 5.74) is 0.454. The molecule has 3 rings (SSSR count). The Morgan fingerprint density at radius 2 is 2.12 bits per heavy atom. The van der Waals surface area contributed by atoms with Crippen molar-refractivity contribution in [1.29, 1.82) is 0 Å². The van der Waals surface area contributed by atoms with Gasteiger partial charge in [0.2, 0.25) is 0 Å². The number of aryl methyl sites for hydroxylation is 1. The van der Waals surface area contributed by atoms with Crippen LogP contribution < -0.4 is 5.69 Å². The summed E-state index contributed by atoms with van der Waals surface area (Å²) in [6.07, 6.45) is -4.04. The van der Waals surface area contributed by atoms with Gasteiger partial charge in [-0.05, 0) is 13.0 Å². The molecule has 1 fully saturated rings. The topological polar surface area (TPSA) is 167 Å². The van der Waals surface area contributed by atoms with E-state index in [1.807, 2.05) is 0 Å². The van der Waals surface area contributed by atoms with Crippen molar-refractivity contribution in [2.45, 2.75) is 31.5 Å². The molecular weight excluding hydrogens is 345 g/mol. The lowest BCUT2D eigenvalue weighted by atomic mass is 10.1. The van der Waals surface area contributed by atoms with Crippen molar-refractivity contribution < 1.29 is 33.8 Å². The fraction of sp³-hybridized carbons (Fsp3) is 0.500. The van der Waals surface area contributed by atoms with Crippen LogP contribution in [0.3, 0.4) is 0 Å². The van der Waals surface area contributed by atoms with Crippen LogP contribution in [0.1, 0.15) is 11.9 Å². The molecule has 4 atom stereocenters. The molecule has 11 nitrogen and oxygen atoms in total. The fourth-order valence-electron chi connectivity index (χ4n) is 2.60. The van der Waals surface area contributed by atoms with E-state index in [9.17, 15) is 19.6 Å². The summed E-state index contributed by atoms with van der Waals surface area (Å²) in [5.74, 6) is 0. The Balaban J connectivity index is 1.88. The number of aliphatic hydroxyl groups excluding tert-OH is 2. The van der Waals surface area contributed by atoms with Crippen LogP contribution in [0.15, 0.2) is 17.1 Å². The molecule has 0 aliphatic carbocycles. The number of rotatable bonds is 4. The van der Waals surface area contributed by atoms with E-state index in [1.165, 1.54) is 6.20 Å². The van der Waals surface area contributed by atoms with E-state index in [4.69, 9.17) is 14.5 Å². The van der Waals surface area contributed by atoms with E-state index >= 15 is 0 Å². The molecule has 132 valence electrons. The summed E-state index contributed by atoms with van der Waals surface area (Å²) in [6, 6.07) is 1.74. The molecule has 24 heavy (non-hydrogen) atoms. The first-order valence-electron chi connectivity index (χ1n) is 6.96. The maximum Gasteiger partial charge on any atom is 0.469 e.